The van der Waals surface area contributed by atoms with Gasteiger partial charge in [-0.3, -0.25) is 0 Å². The van der Waals surface area contributed by atoms with Crippen molar-refractivity contribution >= 4 is 11.9 Å². The van der Waals surface area contributed by atoms with Gasteiger partial charge in [-0.2, -0.15) is 0 Å². The summed E-state index contributed by atoms with van der Waals surface area (Å²) in [5, 5.41) is 19.5. The number of carbonyl (C=O) groups excluding carboxylic acids is 2. The van der Waals surface area contributed by atoms with Gasteiger partial charge in [0.1, 0.15) is 0 Å². The Morgan fingerprint density at radius 2 is 0.481 bits per heavy atom. The molecule has 6 nitrogen and oxygen atoms in total. The zero-order chi connectivity index (χ0) is 39.6. The zero-order valence-electron chi connectivity index (χ0n) is 37.0. The average molecular weight is 741 g/mol. The fourth-order valence-electron chi connectivity index (χ4n) is 6.75. The predicted octanol–water partition coefficient (Wildman–Crippen LogP) is 11.2. The molecule has 0 aliphatic rings. The van der Waals surface area contributed by atoms with Crippen LogP contribution in [0.1, 0.15) is 233 Å². The quantitative estimate of drug-likeness (QED) is 0.0469. The van der Waals surface area contributed by atoms with Gasteiger partial charge >= 0.3 is 0 Å². The smallest absolute Gasteiger partial charge is 0.0782 e. The number of carbonyl (C=O) groups is 2. The van der Waals surface area contributed by atoms with E-state index in [1.54, 1.807) is 0 Å². The van der Waals surface area contributed by atoms with E-state index in [1.807, 2.05) is 0 Å². The van der Waals surface area contributed by atoms with E-state index < -0.39 is 11.9 Å². The van der Waals surface area contributed by atoms with Crippen molar-refractivity contribution in [3.05, 3.63) is 0 Å². The summed E-state index contributed by atoms with van der Waals surface area (Å²) >= 11 is 0. The summed E-state index contributed by atoms with van der Waals surface area (Å²) in [6, 6.07) is 0. The molecule has 0 unspecified atom stereocenters. The molecule has 0 aromatic rings. The maximum atomic E-state index is 9.77. The highest BCUT2D eigenvalue weighted by Crippen LogP contribution is 2.14. The Morgan fingerprint density at radius 3 is 0.654 bits per heavy atom. The molecule has 0 saturated carbocycles. The largest absolute Gasteiger partial charge is 0.550 e. The van der Waals surface area contributed by atoms with Gasteiger partial charge in [0.05, 0.1) is 54.4 Å². The Hall–Kier alpha value is -1.14. The molecule has 0 aliphatic carbocycles. The van der Waals surface area contributed by atoms with Crippen LogP contribution in [0.15, 0.2) is 0 Å². The molecule has 6 heteroatoms. The highest BCUT2D eigenvalue weighted by molar-refractivity contribution is 5.65. The Bertz CT molecular complexity index is 665. The number of hydrogen-bond donors (Lipinski definition) is 0. The van der Waals surface area contributed by atoms with Crippen LogP contribution in [-0.4, -0.2) is 75.3 Å². The molecule has 52 heavy (non-hydrogen) atoms. The van der Waals surface area contributed by atoms with E-state index in [0.29, 0.717) is 12.8 Å². The van der Waals surface area contributed by atoms with Gasteiger partial charge in [-0.15, -0.1) is 0 Å². The summed E-state index contributed by atoms with van der Waals surface area (Å²) in [5.41, 5.74) is 0. The second-order valence-corrected chi connectivity index (χ2v) is 17.2. The first-order valence-corrected chi connectivity index (χ1v) is 22.9. The molecule has 0 heterocycles. The maximum Gasteiger partial charge on any atom is 0.0782 e. The van der Waals surface area contributed by atoms with Crippen LogP contribution in [0.4, 0.5) is 0 Å². The Morgan fingerprint density at radius 1 is 0.308 bits per heavy atom. The van der Waals surface area contributed by atoms with E-state index in [4.69, 9.17) is 0 Å². The van der Waals surface area contributed by atoms with E-state index in [1.165, 1.54) is 215 Å². The Balaban J connectivity index is -0.000000737. The maximum absolute atomic E-state index is 9.77. The van der Waals surface area contributed by atoms with Gasteiger partial charge in [0, 0.05) is 11.9 Å². The number of rotatable bonds is 37. The molecule has 0 saturated heterocycles. The van der Waals surface area contributed by atoms with Crippen molar-refractivity contribution in [3.8, 4) is 0 Å². The van der Waals surface area contributed by atoms with E-state index in [9.17, 15) is 19.8 Å². The second kappa shape index (κ2) is 42.6. The Labute approximate surface area is 327 Å². The minimum absolute atomic E-state index is 0.0761. The molecular weight excluding hydrogens is 645 g/mol. The van der Waals surface area contributed by atoms with Gasteiger partial charge in [0.25, 0.3) is 0 Å². The van der Waals surface area contributed by atoms with Crippen LogP contribution in [0, 0.1) is 0 Å². The number of unbranched alkanes of at least 4 members (excludes halogenated alkanes) is 25. The fraction of sp³-hybridized carbons (Fsp3) is 0.957. The number of aliphatic carboxylic acids is 2. The van der Waals surface area contributed by atoms with Crippen molar-refractivity contribution in [2.45, 2.75) is 233 Å². The van der Waals surface area contributed by atoms with Crippen LogP contribution in [0.3, 0.4) is 0 Å². The highest BCUT2D eigenvalue weighted by Gasteiger charge is 2.14. The van der Waals surface area contributed by atoms with Crippen LogP contribution in [0.25, 0.3) is 0 Å². The van der Waals surface area contributed by atoms with Crippen molar-refractivity contribution in [1.29, 1.82) is 0 Å². The molecule has 0 aliphatic heterocycles. The van der Waals surface area contributed by atoms with E-state index in [0.717, 1.165) is 0 Å². The van der Waals surface area contributed by atoms with Crippen molar-refractivity contribution in [3.63, 3.8) is 0 Å². The minimum Gasteiger partial charge on any atom is -0.550 e. The first-order chi connectivity index (χ1) is 24.9. The summed E-state index contributed by atoms with van der Waals surface area (Å²) in [4.78, 5) is 19.5. The van der Waals surface area contributed by atoms with Crippen molar-refractivity contribution in [1.82, 2.24) is 0 Å². The first kappa shape index (κ1) is 55.2. The topological polar surface area (TPSA) is 80.3 Å². The lowest BCUT2D eigenvalue weighted by molar-refractivity contribution is -0.890. The molecule has 0 aromatic heterocycles. The molecule has 0 fully saturated rings. The molecule has 0 N–H and O–H groups in total. The van der Waals surface area contributed by atoms with Crippen molar-refractivity contribution in [2.75, 3.05) is 54.4 Å². The third-order valence-corrected chi connectivity index (χ3v) is 10.5. The van der Waals surface area contributed by atoms with Crippen LogP contribution in [0.2, 0.25) is 0 Å². The standard InChI is InChI=1S/2C20H44N.C6H10O4/c2*1-5-7-9-11-13-14-16-18-20-21(3,4)19-17-15-12-10-8-6-2;7-5(8)3-1-2-4-6(9)10/h2*5-20H2,1-4H3;1-4H2,(H,7,8)(H,9,10)/q2*+1;/p-2. The normalized spacial score (nSPS) is 11.5. The third-order valence-electron chi connectivity index (χ3n) is 10.5. The second-order valence-electron chi connectivity index (χ2n) is 17.2. The van der Waals surface area contributed by atoms with E-state index in [-0.39, 0.29) is 12.8 Å². The van der Waals surface area contributed by atoms with Gasteiger partial charge in [-0.1, -0.05) is 156 Å². The number of hydrogen-bond acceptors (Lipinski definition) is 4. The van der Waals surface area contributed by atoms with Crippen LogP contribution >= 0.6 is 0 Å². The predicted molar refractivity (Wildman–Crippen MR) is 224 cm³/mol. The van der Waals surface area contributed by atoms with E-state index >= 15 is 0 Å². The molecule has 0 radical (unpaired) electrons. The number of quaternary nitrogens is 2. The number of carboxylic acid groups (broad SMARTS) is 2. The SMILES string of the molecule is CCCCCCCCCC[N+](C)(C)CCCCCCCC.CCCCCCCCCC[N+](C)(C)CCCCCCCC.O=C([O-])CCCCC(=O)[O-]. The molecule has 0 aromatic carbocycles. The van der Waals surface area contributed by atoms with Crippen LogP contribution in [0.5, 0.6) is 0 Å². The fourth-order valence-corrected chi connectivity index (χ4v) is 6.75. The van der Waals surface area contributed by atoms with Gasteiger partial charge in [0.15, 0.2) is 0 Å². The molecule has 0 amide bonds. The Kier molecular flexibility index (Phi) is 45.2. The third kappa shape index (κ3) is 53.2. The van der Waals surface area contributed by atoms with Gasteiger partial charge in [-0.05, 0) is 77.0 Å². The summed E-state index contributed by atoms with van der Waals surface area (Å²) in [6.07, 6.45) is 40.7. The van der Waals surface area contributed by atoms with Gasteiger partial charge < -0.3 is 28.8 Å². The summed E-state index contributed by atoms with van der Waals surface area (Å²) in [5.74, 6) is -2.28. The minimum atomic E-state index is -1.14. The van der Waals surface area contributed by atoms with Gasteiger partial charge in [-0.25, -0.2) is 0 Å². The van der Waals surface area contributed by atoms with Gasteiger partial charge in [0.2, 0.25) is 0 Å². The highest BCUT2D eigenvalue weighted by atomic mass is 16.4. The average Bonchev–Trinajstić information content (AvgIpc) is 3.09. The number of nitrogens with zero attached hydrogens (tertiary/aromatic N) is 2. The molecule has 314 valence electrons. The molecule has 0 bridgehead atoms. The lowest BCUT2D eigenvalue weighted by Crippen LogP contribution is -2.41. The summed E-state index contributed by atoms with van der Waals surface area (Å²) in [7, 11) is 9.70. The van der Waals surface area contributed by atoms with Crippen LogP contribution in [-0.2, 0) is 9.59 Å². The molecule has 0 rings (SSSR count). The number of carboxylic acids is 2. The monoisotopic (exact) mass is 741 g/mol. The summed E-state index contributed by atoms with van der Waals surface area (Å²) in [6.45, 7) is 14.7. The van der Waals surface area contributed by atoms with Crippen molar-refractivity contribution < 1.29 is 28.8 Å². The summed E-state index contributed by atoms with van der Waals surface area (Å²) < 4.78 is 2.48. The lowest BCUT2D eigenvalue weighted by Gasteiger charge is -2.30. The van der Waals surface area contributed by atoms with Crippen LogP contribution < -0.4 is 10.2 Å². The molecule has 0 atom stereocenters. The molecular formula is C46H96N2O4. The first-order valence-electron chi connectivity index (χ1n) is 22.9. The zero-order valence-corrected chi connectivity index (χ0v) is 37.0. The van der Waals surface area contributed by atoms with E-state index in [2.05, 4.69) is 55.9 Å². The lowest BCUT2D eigenvalue weighted by atomic mass is 10.1. The van der Waals surface area contributed by atoms with Crippen molar-refractivity contribution in [2.24, 2.45) is 0 Å². The molecule has 0 spiro atoms.